The smallest absolute Gasteiger partial charge is 0.0322 e. The van der Waals surface area contributed by atoms with Gasteiger partial charge in [0.15, 0.2) is 0 Å². The molecule has 1 unspecified atom stereocenters. The van der Waals surface area contributed by atoms with Gasteiger partial charge in [-0.2, -0.15) is 0 Å². The van der Waals surface area contributed by atoms with Crippen molar-refractivity contribution in [3.8, 4) is 0 Å². The molecule has 1 aliphatic rings. The first-order chi connectivity index (χ1) is 9.26. The van der Waals surface area contributed by atoms with Crippen LogP contribution in [-0.2, 0) is 0 Å². The van der Waals surface area contributed by atoms with Crippen molar-refractivity contribution in [3.05, 3.63) is 46.4 Å². The maximum Gasteiger partial charge on any atom is 0.0322 e. The van der Waals surface area contributed by atoms with Gasteiger partial charge in [0.05, 0.1) is 0 Å². The summed E-state index contributed by atoms with van der Waals surface area (Å²) in [6.07, 6.45) is 4.13. The fourth-order valence-corrected chi connectivity index (χ4v) is 3.10. The Morgan fingerprint density at radius 2 is 1.89 bits per heavy atom. The molecule has 2 heteroatoms. The van der Waals surface area contributed by atoms with Gasteiger partial charge in [-0.15, -0.1) is 0 Å². The van der Waals surface area contributed by atoms with Crippen LogP contribution in [0.15, 0.2) is 40.9 Å². The number of nitrogens with one attached hydrogen (secondary N) is 1. The van der Waals surface area contributed by atoms with E-state index in [0.29, 0.717) is 6.04 Å². The summed E-state index contributed by atoms with van der Waals surface area (Å²) in [7, 11) is 0. The first kappa shape index (κ1) is 13.1. The second-order valence-electron chi connectivity index (χ2n) is 5.54. The summed E-state index contributed by atoms with van der Waals surface area (Å²) >= 11 is 3.53. The van der Waals surface area contributed by atoms with Crippen molar-refractivity contribution < 1.29 is 0 Å². The number of hydrogen-bond acceptors (Lipinski definition) is 1. The van der Waals surface area contributed by atoms with Crippen molar-refractivity contribution >= 4 is 26.7 Å². The quantitative estimate of drug-likeness (QED) is 0.813. The lowest BCUT2D eigenvalue weighted by Crippen LogP contribution is -2.21. The molecule has 0 spiro atoms. The highest BCUT2D eigenvalue weighted by atomic mass is 79.9. The molecule has 3 rings (SSSR count). The Hall–Kier alpha value is -0.860. The fraction of sp³-hybridized carbons (Fsp3) is 0.412. The van der Waals surface area contributed by atoms with Crippen molar-refractivity contribution in [2.75, 3.05) is 6.54 Å². The van der Waals surface area contributed by atoms with E-state index in [4.69, 9.17) is 0 Å². The van der Waals surface area contributed by atoms with Crippen molar-refractivity contribution in [2.45, 2.75) is 32.2 Å². The molecule has 1 N–H and O–H groups in total. The zero-order chi connectivity index (χ0) is 13.2. The van der Waals surface area contributed by atoms with E-state index in [0.717, 1.165) is 16.9 Å². The molecule has 0 radical (unpaired) electrons. The average Bonchev–Trinajstić information content (AvgIpc) is 3.22. The fourth-order valence-electron chi connectivity index (χ4n) is 2.72. The number of hydrogen-bond donors (Lipinski definition) is 1. The summed E-state index contributed by atoms with van der Waals surface area (Å²) in [5, 5.41) is 6.28. The van der Waals surface area contributed by atoms with Gasteiger partial charge in [-0.3, -0.25) is 0 Å². The predicted molar refractivity (Wildman–Crippen MR) is 85.4 cm³/mol. The Labute approximate surface area is 123 Å². The molecule has 100 valence electrons. The lowest BCUT2D eigenvalue weighted by Gasteiger charge is -2.18. The summed E-state index contributed by atoms with van der Waals surface area (Å²) in [6, 6.07) is 13.9. The maximum absolute atomic E-state index is 3.64. The Morgan fingerprint density at radius 3 is 2.63 bits per heavy atom. The summed E-state index contributed by atoms with van der Waals surface area (Å²) in [4.78, 5) is 0. The Bertz CT molecular complexity index is 574. The average molecular weight is 318 g/mol. The van der Waals surface area contributed by atoms with Crippen LogP contribution in [0, 0.1) is 5.92 Å². The Morgan fingerprint density at radius 1 is 1.16 bits per heavy atom. The second-order valence-corrected chi connectivity index (χ2v) is 6.46. The molecule has 2 aromatic carbocycles. The summed E-state index contributed by atoms with van der Waals surface area (Å²) in [6.45, 7) is 3.23. The van der Waals surface area contributed by atoms with Crippen LogP contribution in [0.2, 0.25) is 0 Å². The van der Waals surface area contributed by atoms with Crippen LogP contribution in [0.4, 0.5) is 0 Å². The third-order valence-corrected chi connectivity index (χ3v) is 4.44. The number of rotatable bonds is 5. The summed E-state index contributed by atoms with van der Waals surface area (Å²) in [5.74, 6) is 0.949. The van der Waals surface area contributed by atoms with Crippen LogP contribution in [0.3, 0.4) is 0 Å². The number of fused-ring (bicyclic) bond motifs is 1. The van der Waals surface area contributed by atoms with Gasteiger partial charge in [0.1, 0.15) is 0 Å². The van der Waals surface area contributed by atoms with Crippen LogP contribution in [-0.4, -0.2) is 6.54 Å². The Balaban J connectivity index is 1.90. The van der Waals surface area contributed by atoms with E-state index < -0.39 is 0 Å². The molecule has 0 aromatic heterocycles. The monoisotopic (exact) mass is 317 g/mol. The Kier molecular flexibility index (Phi) is 3.90. The van der Waals surface area contributed by atoms with Gasteiger partial charge in [0.25, 0.3) is 0 Å². The lowest BCUT2D eigenvalue weighted by atomic mass is 9.98. The SMILES string of the molecule is CCNC(CC1CC1)c1ccc2cc(Br)ccc2c1. The largest absolute Gasteiger partial charge is 0.310 e. The summed E-state index contributed by atoms with van der Waals surface area (Å²) < 4.78 is 1.15. The number of benzene rings is 2. The van der Waals surface area contributed by atoms with Gasteiger partial charge in [-0.05, 0) is 53.4 Å². The zero-order valence-electron chi connectivity index (χ0n) is 11.3. The lowest BCUT2D eigenvalue weighted by molar-refractivity contribution is 0.487. The molecular formula is C17H20BrN. The molecule has 0 aliphatic heterocycles. The van der Waals surface area contributed by atoms with Crippen LogP contribution >= 0.6 is 15.9 Å². The molecule has 2 aromatic rings. The third-order valence-electron chi connectivity index (χ3n) is 3.95. The van der Waals surface area contributed by atoms with Crippen LogP contribution in [0.5, 0.6) is 0 Å². The minimum absolute atomic E-state index is 0.519. The van der Waals surface area contributed by atoms with Gasteiger partial charge in [0.2, 0.25) is 0 Å². The first-order valence-corrected chi connectivity index (χ1v) is 7.98. The van der Waals surface area contributed by atoms with Gasteiger partial charge < -0.3 is 5.32 Å². The van der Waals surface area contributed by atoms with Crippen LogP contribution in [0.1, 0.15) is 37.8 Å². The van der Waals surface area contributed by atoms with Gasteiger partial charge in [0, 0.05) is 10.5 Å². The summed E-state index contributed by atoms with van der Waals surface area (Å²) in [5.41, 5.74) is 1.43. The molecule has 0 saturated heterocycles. The molecule has 1 saturated carbocycles. The maximum atomic E-state index is 3.64. The molecule has 0 bridgehead atoms. The standard InChI is InChI=1S/C17H20BrN/c1-2-19-17(9-12-3-4-12)15-6-5-14-11-16(18)8-7-13(14)10-15/h5-8,10-12,17,19H,2-4,9H2,1H3. The van der Waals surface area contributed by atoms with Crippen molar-refractivity contribution in [1.82, 2.24) is 5.32 Å². The minimum Gasteiger partial charge on any atom is -0.310 e. The van der Waals surface area contributed by atoms with Crippen molar-refractivity contribution in [2.24, 2.45) is 5.92 Å². The van der Waals surface area contributed by atoms with E-state index in [1.807, 2.05) is 0 Å². The molecule has 1 aliphatic carbocycles. The van der Waals surface area contributed by atoms with Gasteiger partial charge in [-0.25, -0.2) is 0 Å². The zero-order valence-corrected chi connectivity index (χ0v) is 12.9. The molecular weight excluding hydrogens is 298 g/mol. The molecule has 19 heavy (non-hydrogen) atoms. The van der Waals surface area contributed by atoms with E-state index in [1.165, 1.54) is 35.6 Å². The van der Waals surface area contributed by atoms with Gasteiger partial charge in [-0.1, -0.05) is 53.9 Å². The predicted octanol–water partition coefficient (Wildman–Crippen LogP) is 5.05. The van der Waals surface area contributed by atoms with Crippen LogP contribution < -0.4 is 5.32 Å². The molecule has 1 fully saturated rings. The molecule has 0 heterocycles. The van der Waals surface area contributed by atoms with E-state index >= 15 is 0 Å². The molecule has 1 nitrogen and oxygen atoms in total. The normalized spacial score (nSPS) is 16.7. The first-order valence-electron chi connectivity index (χ1n) is 7.19. The van der Waals surface area contributed by atoms with Crippen LogP contribution in [0.25, 0.3) is 10.8 Å². The van der Waals surface area contributed by atoms with Gasteiger partial charge >= 0.3 is 0 Å². The number of halogens is 1. The second kappa shape index (κ2) is 5.64. The van der Waals surface area contributed by atoms with E-state index in [2.05, 4.69) is 64.6 Å². The van der Waals surface area contributed by atoms with E-state index in [9.17, 15) is 0 Å². The highest BCUT2D eigenvalue weighted by Gasteiger charge is 2.25. The van der Waals surface area contributed by atoms with E-state index in [-0.39, 0.29) is 0 Å². The molecule has 1 atom stereocenters. The van der Waals surface area contributed by atoms with E-state index in [1.54, 1.807) is 0 Å². The van der Waals surface area contributed by atoms with Crippen molar-refractivity contribution in [3.63, 3.8) is 0 Å². The highest BCUT2D eigenvalue weighted by Crippen LogP contribution is 2.38. The highest BCUT2D eigenvalue weighted by molar-refractivity contribution is 9.10. The molecule has 0 amide bonds. The topological polar surface area (TPSA) is 12.0 Å². The minimum atomic E-state index is 0.519. The third kappa shape index (κ3) is 3.18. The van der Waals surface area contributed by atoms with Crippen molar-refractivity contribution in [1.29, 1.82) is 0 Å².